The van der Waals surface area contributed by atoms with Crippen molar-refractivity contribution in [1.82, 2.24) is 9.88 Å². The zero-order valence-corrected chi connectivity index (χ0v) is 12.0. The Morgan fingerprint density at radius 1 is 1.19 bits per heavy atom. The number of piperidine rings is 1. The molecule has 1 amide bonds. The largest absolute Gasteiger partial charge is 0.477 e. The van der Waals surface area contributed by atoms with Crippen molar-refractivity contribution in [3.8, 4) is 0 Å². The molecule has 2 fully saturated rings. The standard InChI is InChI=1S/C16H20N2O3/c19-15(12-7-8-17-13(10-12)16(20)21)18-9-3-5-11-4-1-2-6-14(11)18/h7-8,10-11,14H,1-6,9H2,(H,20,21). The number of likely N-dealkylation sites (tertiary alicyclic amines) is 1. The number of nitrogens with zero attached hydrogens (tertiary/aromatic N) is 2. The summed E-state index contributed by atoms with van der Waals surface area (Å²) in [4.78, 5) is 29.5. The summed E-state index contributed by atoms with van der Waals surface area (Å²) in [5.41, 5.74) is 0.367. The van der Waals surface area contributed by atoms with Crippen LogP contribution in [-0.2, 0) is 0 Å². The van der Waals surface area contributed by atoms with Gasteiger partial charge in [0.2, 0.25) is 0 Å². The van der Waals surface area contributed by atoms with Gasteiger partial charge < -0.3 is 10.0 Å². The molecule has 0 aromatic carbocycles. The summed E-state index contributed by atoms with van der Waals surface area (Å²) in [6, 6.07) is 3.33. The van der Waals surface area contributed by atoms with E-state index in [-0.39, 0.29) is 11.6 Å². The lowest BCUT2D eigenvalue weighted by Crippen LogP contribution is -2.49. The van der Waals surface area contributed by atoms with E-state index in [4.69, 9.17) is 5.11 Å². The fourth-order valence-corrected chi connectivity index (χ4v) is 3.72. The molecule has 1 saturated carbocycles. The highest BCUT2D eigenvalue weighted by atomic mass is 16.4. The van der Waals surface area contributed by atoms with Gasteiger partial charge in [-0.05, 0) is 43.7 Å². The van der Waals surface area contributed by atoms with Crippen LogP contribution in [0.4, 0.5) is 0 Å². The van der Waals surface area contributed by atoms with Crippen molar-refractivity contribution in [3.05, 3.63) is 29.6 Å². The number of rotatable bonds is 2. The number of carboxylic acids is 1. The number of carboxylic acid groups (broad SMARTS) is 1. The Bertz CT molecular complexity index is 556. The second-order valence-corrected chi connectivity index (χ2v) is 5.99. The van der Waals surface area contributed by atoms with Gasteiger partial charge in [-0.25, -0.2) is 9.78 Å². The lowest BCUT2D eigenvalue weighted by Gasteiger charge is -2.44. The zero-order valence-electron chi connectivity index (χ0n) is 12.0. The summed E-state index contributed by atoms with van der Waals surface area (Å²) in [5, 5.41) is 9.00. The summed E-state index contributed by atoms with van der Waals surface area (Å²) in [6.07, 6.45) is 8.40. The molecule has 2 unspecified atom stereocenters. The number of hydrogen-bond acceptors (Lipinski definition) is 3. The van der Waals surface area contributed by atoms with Crippen molar-refractivity contribution in [1.29, 1.82) is 0 Å². The number of amides is 1. The molecule has 2 heterocycles. The van der Waals surface area contributed by atoms with Gasteiger partial charge in [-0.3, -0.25) is 4.79 Å². The molecule has 2 aliphatic rings. The molecule has 1 N–H and O–H groups in total. The SMILES string of the molecule is O=C(O)c1cc(C(=O)N2CCCC3CCCCC32)ccn1. The number of aromatic nitrogens is 1. The molecule has 5 heteroatoms. The van der Waals surface area contributed by atoms with Crippen molar-refractivity contribution in [2.45, 2.75) is 44.6 Å². The Hall–Kier alpha value is -1.91. The van der Waals surface area contributed by atoms with Crippen molar-refractivity contribution in [3.63, 3.8) is 0 Å². The van der Waals surface area contributed by atoms with Crippen LogP contribution in [0.15, 0.2) is 18.3 Å². The van der Waals surface area contributed by atoms with Crippen LogP contribution in [-0.4, -0.2) is 39.5 Å². The van der Waals surface area contributed by atoms with Gasteiger partial charge in [0.1, 0.15) is 5.69 Å². The second-order valence-electron chi connectivity index (χ2n) is 5.99. The molecule has 21 heavy (non-hydrogen) atoms. The highest BCUT2D eigenvalue weighted by molar-refractivity contribution is 5.96. The molecule has 0 spiro atoms. The molecular weight excluding hydrogens is 268 g/mol. The molecule has 2 atom stereocenters. The van der Waals surface area contributed by atoms with E-state index in [2.05, 4.69) is 4.98 Å². The first-order valence-corrected chi connectivity index (χ1v) is 7.67. The molecule has 5 nitrogen and oxygen atoms in total. The first-order valence-electron chi connectivity index (χ1n) is 7.67. The highest BCUT2D eigenvalue weighted by Crippen LogP contribution is 2.35. The van der Waals surface area contributed by atoms with Gasteiger partial charge in [0.15, 0.2) is 0 Å². The predicted octanol–water partition coefficient (Wildman–Crippen LogP) is 2.57. The number of carbonyl (C=O) groups excluding carboxylic acids is 1. The van der Waals surface area contributed by atoms with Gasteiger partial charge in [0, 0.05) is 24.3 Å². The highest BCUT2D eigenvalue weighted by Gasteiger charge is 2.36. The number of aromatic carboxylic acids is 1. The quantitative estimate of drug-likeness (QED) is 0.908. The zero-order chi connectivity index (χ0) is 14.8. The first kappa shape index (κ1) is 14.0. The summed E-state index contributed by atoms with van der Waals surface area (Å²) in [5.74, 6) is -0.521. The molecule has 3 rings (SSSR count). The van der Waals surface area contributed by atoms with Crippen molar-refractivity contribution >= 4 is 11.9 Å². The van der Waals surface area contributed by atoms with E-state index in [1.54, 1.807) is 6.07 Å². The topological polar surface area (TPSA) is 70.5 Å². The van der Waals surface area contributed by atoms with E-state index in [1.165, 1.54) is 37.9 Å². The average Bonchev–Trinajstić information content (AvgIpc) is 2.53. The Labute approximate surface area is 124 Å². The Balaban J connectivity index is 1.83. The molecular formula is C16H20N2O3. The average molecular weight is 288 g/mol. The molecule has 1 aliphatic heterocycles. The maximum absolute atomic E-state index is 12.7. The molecule has 0 radical (unpaired) electrons. The monoisotopic (exact) mass is 288 g/mol. The van der Waals surface area contributed by atoms with Crippen LogP contribution in [0.5, 0.6) is 0 Å². The van der Waals surface area contributed by atoms with E-state index < -0.39 is 5.97 Å². The van der Waals surface area contributed by atoms with Crippen LogP contribution in [0.25, 0.3) is 0 Å². The minimum Gasteiger partial charge on any atom is -0.477 e. The van der Waals surface area contributed by atoms with E-state index in [1.807, 2.05) is 4.90 Å². The maximum Gasteiger partial charge on any atom is 0.354 e. The normalized spacial score (nSPS) is 25.2. The molecule has 1 aromatic heterocycles. The van der Waals surface area contributed by atoms with Gasteiger partial charge in [-0.15, -0.1) is 0 Å². The molecule has 112 valence electrons. The van der Waals surface area contributed by atoms with Crippen LogP contribution >= 0.6 is 0 Å². The molecule has 1 saturated heterocycles. The minimum atomic E-state index is -1.10. The van der Waals surface area contributed by atoms with Crippen LogP contribution in [0.1, 0.15) is 59.4 Å². The smallest absolute Gasteiger partial charge is 0.354 e. The Kier molecular flexibility index (Phi) is 3.90. The summed E-state index contributed by atoms with van der Waals surface area (Å²) in [7, 11) is 0. The Morgan fingerprint density at radius 2 is 1.95 bits per heavy atom. The number of pyridine rings is 1. The molecule has 1 aromatic rings. The number of fused-ring (bicyclic) bond motifs is 1. The third kappa shape index (κ3) is 2.77. The number of hydrogen-bond donors (Lipinski definition) is 1. The van der Waals surface area contributed by atoms with Gasteiger partial charge >= 0.3 is 5.97 Å². The third-order valence-corrected chi connectivity index (χ3v) is 4.73. The van der Waals surface area contributed by atoms with Gasteiger partial charge in [0.25, 0.3) is 5.91 Å². The van der Waals surface area contributed by atoms with Crippen LogP contribution < -0.4 is 0 Å². The van der Waals surface area contributed by atoms with Crippen molar-refractivity contribution in [2.24, 2.45) is 5.92 Å². The van der Waals surface area contributed by atoms with Crippen molar-refractivity contribution in [2.75, 3.05) is 6.54 Å². The fourth-order valence-electron chi connectivity index (χ4n) is 3.72. The fraction of sp³-hybridized carbons (Fsp3) is 0.562. The summed E-state index contributed by atoms with van der Waals surface area (Å²) in [6.45, 7) is 0.782. The van der Waals surface area contributed by atoms with E-state index >= 15 is 0 Å². The Morgan fingerprint density at radius 3 is 2.76 bits per heavy atom. The van der Waals surface area contributed by atoms with E-state index in [9.17, 15) is 9.59 Å². The van der Waals surface area contributed by atoms with E-state index in [0.29, 0.717) is 17.5 Å². The van der Waals surface area contributed by atoms with Gasteiger partial charge in [-0.1, -0.05) is 12.8 Å². The molecule has 0 bridgehead atoms. The van der Waals surface area contributed by atoms with Crippen LogP contribution in [0.3, 0.4) is 0 Å². The van der Waals surface area contributed by atoms with Crippen molar-refractivity contribution < 1.29 is 14.7 Å². The van der Waals surface area contributed by atoms with Gasteiger partial charge in [0.05, 0.1) is 0 Å². The molecule has 1 aliphatic carbocycles. The maximum atomic E-state index is 12.7. The van der Waals surface area contributed by atoms with Crippen LogP contribution in [0, 0.1) is 5.92 Å². The lowest BCUT2D eigenvalue weighted by molar-refractivity contribution is 0.0390. The van der Waals surface area contributed by atoms with E-state index in [0.717, 1.165) is 19.4 Å². The summed E-state index contributed by atoms with van der Waals surface area (Å²) >= 11 is 0. The minimum absolute atomic E-state index is 0.0449. The summed E-state index contributed by atoms with van der Waals surface area (Å²) < 4.78 is 0. The predicted molar refractivity (Wildman–Crippen MR) is 77.2 cm³/mol. The third-order valence-electron chi connectivity index (χ3n) is 4.73. The van der Waals surface area contributed by atoms with Gasteiger partial charge in [-0.2, -0.15) is 0 Å². The van der Waals surface area contributed by atoms with Crippen LogP contribution in [0.2, 0.25) is 0 Å². The second kappa shape index (κ2) is 5.84. The first-order chi connectivity index (χ1) is 10.2. The lowest BCUT2D eigenvalue weighted by atomic mass is 9.78. The number of carbonyl (C=O) groups is 2.